The fourth-order valence-corrected chi connectivity index (χ4v) is 6.33. The number of hydrogen-bond donors (Lipinski definition) is 1. The number of rotatable bonds is 4. The highest BCUT2D eigenvalue weighted by molar-refractivity contribution is 6.31. The average Bonchev–Trinajstić information content (AvgIpc) is 3.37. The van der Waals surface area contributed by atoms with Crippen molar-refractivity contribution in [3.63, 3.8) is 0 Å². The van der Waals surface area contributed by atoms with Crippen LogP contribution in [0.5, 0.6) is 0 Å². The molecule has 0 saturated heterocycles. The highest BCUT2D eigenvalue weighted by atomic mass is 35.5. The van der Waals surface area contributed by atoms with Gasteiger partial charge in [-0.3, -0.25) is 4.98 Å². The predicted molar refractivity (Wildman–Crippen MR) is 137 cm³/mol. The maximum atomic E-state index is 16.7. The zero-order valence-electron chi connectivity index (χ0n) is 21.2. The lowest BCUT2D eigenvalue weighted by Crippen LogP contribution is -2.29. The summed E-state index contributed by atoms with van der Waals surface area (Å²) in [6.07, 6.45) is -3.25. The molecule has 1 saturated carbocycles. The number of benzene rings is 2. The van der Waals surface area contributed by atoms with E-state index in [1.54, 1.807) is 0 Å². The molecule has 2 atom stereocenters. The first-order valence-electron chi connectivity index (χ1n) is 12.9. The van der Waals surface area contributed by atoms with Gasteiger partial charge in [0.05, 0.1) is 22.4 Å². The van der Waals surface area contributed by atoms with Gasteiger partial charge in [0.1, 0.15) is 5.82 Å². The summed E-state index contributed by atoms with van der Waals surface area (Å²) in [5.41, 5.74) is 1.13. The number of pyridine rings is 1. The van der Waals surface area contributed by atoms with Gasteiger partial charge in [-0.25, -0.2) is 8.78 Å². The number of halogens is 6. The molecular formula is C30H29ClF5NO. The van der Waals surface area contributed by atoms with E-state index in [-0.39, 0.29) is 22.5 Å². The zero-order chi connectivity index (χ0) is 27.4. The molecule has 0 bridgehead atoms. The van der Waals surface area contributed by atoms with E-state index in [1.807, 2.05) is 13.8 Å². The molecule has 2 aliphatic carbocycles. The summed E-state index contributed by atoms with van der Waals surface area (Å²) in [5, 5.41) is 10.8. The van der Waals surface area contributed by atoms with Gasteiger partial charge in [0, 0.05) is 22.7 Å². The average molecular weight is 550 g/mol. The monoisotopic (exact) mass is 549 g/mol. The van der Waals surface area contributed by atoms with Crippen LogP contribution in [0.4, 0.5) is 22.0 Å². The van der Waals surface area contributed by atoms with Crippen LogP contribution in [0.3, 0.4) is 0 Å². The Morgan fingerprint density at radius 1 is 1.05 bits per heavy atom. The topological polar surface area (TPSA) is 33.1 Å². The first-order valence-corrected chi connectivity index (χ1v) is 13.2. The van der Waals surface area contributed by atoms with Gasteiger partial charge in [0.2, 0.25) is 0 Å². The Morgan fingerprint density at radius 3 is 2.34 bits per heavy atom. The van der Waals surface area contributed by atoms with E-state index in [0.717, 1.165) is 37.8 Å². The van der Waals surface area contributed by atoms with E-state index in [2.05, 4.69) is 0 Å². The molecular weight excluding hydrogens is 521 g/mol. The Hall–Kier alpha value is -2.51. The largest absolute Gasteiger partial charge is 0.417 e. The van der Waals surface area contributed by atoms with Gasteiger partial charge in [-0.15, -0.1) is 0 Å². The van der Waals surface area contributed by atoms with Crippen molar-refractivity contribution in [3.8, 4) is 11.1 Å². The number of hydrogen-bond acceptors (Lipinski definition) is 2. The Balaban J connectivity index is 1.82. The summed E-state index contributed by atoms with van der Waals surface area (Å²) < 4.78 is 71.6. The molecule has 3 aromatic rings. The minimum absolute atomic E-state index is 0.0654. The molecule has 1 N–H and O–H groups in total. The van der Waals surface area contributed by atoms with Crippen molar-refractivity contribution >= 4 is 11.6 Å². The highest BCUT2D eigenvalue weighted by Crippen LogP contribution is 2.51. The lowest BCUT2D eigenvalue weighted by Gasteiger charge is -2.37. The number of nitrogens with zero attached hydrogens (tertiary/aromatic N) is 1. The van der Waals surface area contributed by atoms with E-state index in [1.165, 1.54) is 30.3 Å². The summed E-state index contributed by atoms with van der Waals surface area (Å²) >= 11 is 5.83. The van der Waals surface area contributed by atoms with E-state index in [0.29, 0.717) is 40.9 Å². The molecule has 1 heterocycles. The van der Waals surface area contributed by atoms with Crippen LogP contribution in [0.1, 0.15) is 97.8 Å². The van der Waals surface area contributed by atoms with Gasteiger partial charge < -0.3 is 5.11 Å². The smallest absolute Gasteiger partial charge is 0.388 e. The van der Waals surface area contributed by atoms with Crippen molar-refractivity contribution < 1.29 is 27.1 Å². The minimum Gasteiger partial charge on any atom is -0.388 e. The molecule has 0 aliphatic heterocycles. The van der Waals surface area contributed by atoms with E-state index < -0.39 is 34.9 Å². The molecule has 202 valence electrons. The van der Waals surface area contributed by atoms with Crippen molar-refractivity contribution in [1.82, 2.24) is 4.98 Å². The molecule has 1 aromatic heterocycles. The van der Waals surface area contributed by atoms with Crippen LogP contribution in [-0.2, 0) is 12.6 Å². The van der Waals surface area contributed by atoms with Gasteiger partial charge >= 0.3 is 6.18 Å². The molecule has 2 unspecified atom stereocenters. The third-order valence-corrected chi connectivity index (χ3v) is 8.15. The van der Waals surface area contributed by atoms with Crippen LogP contribution in [0, 0.1) is 11.2 Å². The van der Waals surface area contributed by atoms with E-state index >= 15 is 4.39 Å². The van der Waals surface area contributed by atoms with Gasteiger partial charge in [-0.05, 0) is 72.1 Å². The number of fused-ring (bicyclic) bond motifs is 1. The van der Waals surface area contributed by atoms with Crippen LogP contribution in [-0.4, -0.2) is 10.1 Å². The Labute approximate surface area is 223 Å². The second kappa shape index (κ2) is 9.91. The second-order valence-corrected chi connectivity index (χ2v) is 11.7. The zero-order valence-corrected chi connectivity index (χ0v) is 21.9. The maximum Gasteiger partial charge on any atom is 0.417 e. The number of aromatic nitrogens is 1. The SMILES string of the molecule is CC1(C)Cc2nc(C3CCCC3)c(C(F)c3ccc(Cl)c(C(F)(F)F)c3)c(-c3ccc(F)cc3)c2C(O)C1. The molecule has 2 aromatic carbocycles. The number of alkyl halides is 4. The van der Waals surface area contributed by atoms with Crippen LogP contribution in [0.2, 0.25) is 5.02 Å². The molecule has 2 aliphatic rings. The van der Waals surface area contributed by atoms with Crippen molar-refractivity contribution in [2.45, 2.75) is 76.7 Å². The second-order valence-electron chi connectivity index (χ2n) is 11.3. The molecule has 5 rings (SSSR count). The predicted octanol–water partition coefficient (Wildman–Crippen LogP) is 9.28. The van der Waals surface area contributed by atoms with Crippen molar-refractivity contribution in [2.75, 3.05) is 0 Å². The molecule has 2 nitrogen and oxygen atoms in total. The first kappa shape index (κ1) is 27.1. The third kappa shape index (κ3) is 5.07. The first-order chi connectivity index (χ1) is 17.9. The quantitative estimate of drug-likeness (QED) is 0.329. The minimum atomic E-state index is -4.75. The van der Waals surface area contributed by atoms with Gasteiger partial charge in [0.25, 0.3) is 0 Å². The number of aliphatic hydroxyl groups excluding tert-OH is 1. The normalized spacial score (nSPS) is 20.4. The highest BCUT2D eigenvalue weighted by Gasteiger charge is 2.40. The van der Waals surface area contributed by atoms with Gasteiger partial charge in [-0.1, -0.05) is 56.5 Å². The lowest BCUT2D eigenvalue weighted by molar-refractivity contribution is -0.137. The lowest BCUT2D eigenvalue weighted by atomic mass is 9.71. The summed E-state index contributed by atoms with van der Waals surface area (Å²) in [4.78, 5) is 4.96. The van der Waals surface area contributed by atoms with Crippen LogP contribution >= 0.6 is 11.6 Å². The van der Waals surface area contributed by atoms with Crippen molar-refractivity contribution in [2.24, 2.45) is 5.41 Å². The van der Waals surface area contributed by atoms with Crippen LogP contribution in [0.15, 0.2) is 42.5 Å². The summed E-state index contributed by atoms with van der Waals surface area (Å²) in [6, 6.07) is 8.63. The van der Waals surface area contributed by atoms with E-state index in [4.69, 9.17) is 16.6 Å². The standard InChI is InChI=1S/C30H29ClF5NO/c1-29(2)14-22-25(23(38)15-29)24(16-7-10-19(32)11-8-16)26(28(37-22)17-5-3-4-6-17)27(33)18-9-12-21(31)20(13-18)30(34,35)36/h7-13,17,23,27,38H,3-6,14-15H2,1-2H3. The number of aliphatic hydroxyl groups is 1. The van der Waals surface area contributed by atoms with E-state index in [9.17, 15) is 22.7 Å². The molecule has 38 heavy (non-hydrogen) atoms. The molecule has 1 fully saturated rings. The fraction of sp³-hybridized carbons (Fsp3) is 0.433. The van der Waals surface area contributed by atoms with Crippen LogP contribution < -0.4 is 0 Å². The van der Waals surface area contributed by atoms with Crippen molar-refractivity contribution in [1.29, 1.82) is 0 Å². The molecule has 8 heteroatoms. The molecule has 0 radical (unpaired) electrons. The van der Waals surface area contributed by atoms with Gasteiger partial charge in [-0.2, -0.15) is 13.2 Å². The summed E-state index contributed by atoms with van der Waals surface area (Å²) in [6.45, 7) is 4.07. The molecule has 0 amide bonds. The molecule has 0 spiro atoms. The van der Waals surface area contributed by atoms with Gasteiger partial charge in [0.15, 0.2) is 6.17 Å². The summed E-state index contributed by atoms with van der Waals surface area (Å²) in [5.74, 6) is -0.537. The Kier molecular flexibility index (Phi) is 7.06. The van der Waals surface area contributed by atoms with Crippen LogP contribution in [0.25, 0.3) is 11.1 Å². The third-order valence-electron chi connectivity index (χ3n) is 7.82. The van der Waals surface area contributed by atoms with Crippen molar-refractivity contribution in [3.05, 3.63) is 86.9 Å². The summed E-state index contributed by atoms with van der Waals surface area (Å²) in [7, 11) is 0. The Morgan fingerprint density at radius 2 is 1.71 bits per heavy atom. The maximum absolute atomic E-state index is 16.7. The fourth-order valence-electron chi connectivity index (χ4n) is 6.11. The Bertz CT molecular complexity index is 1350.